The second kappa shape index (κ2) is 23.0. The van der Waals surface area contributed by atoms with Crippen molar-refractivity contribution < 1.29 is 5.11 Å². The Bertz CT molecular complexity index is 220. The number of nitrogens with one attached hydrogen (secondary N) is 1. The topological polar surface area (TPSA) is 32.3 Å². The molecule has 158 valence electrons. The van der Waals surface area contributed by atoms with Crippen molar-refractivity contribution in [1.82, 2.24) is 5.32 Å². The third-order valence-corrected chi connectivity index (χ3v) is 5.48. The van der Waals surface area contributed by atoms with Crippen LogP contribution in [0.1, 0.15) is 136 Å². The molecule has 0 aliphatic rings. The van der Waals surface area contributed by atoms with Crippen molar-refractivity contribution in [2.75, 3.05) is 13.1 Å². The molecule has 2 heteroatoms. The number of hydrogen-bond acceptors (Lipinski definition) is 2. The monoisotopic (exact) mass is 369 g/mol. The first kappa shape index (κ1) is 25.9. The summed E-state index contributed by atoms with van der Waals surface area (Å²) in [5.41, 5.74) is 0. The van der Waals surface area contributed by atoms with Gasteiger partial charge in [-0.05, 0) is 19.4 Å². The van der Waals surface area contributed by atoms with Crippen molar-refractivity contribution >= 4 is 0 Å². The third kappa shape index (κ3) is 22.0. The molecule has 0 aliphatic heterocycles. The van der Waals surface area contributed by atoms with Gasteiger partial charge in [0.25, 0.3) is 0 Å². The second-order valence-electron chi connectivity index (χ2n) is 8.30. The molecular formula is C24H51NO. The Morgan fingerprint density at radius 2 is 0.923 bits per heavy atom. The lowest BCUT2D eigenvalue weighted by molar-refractivity contribution is 0.158. The van der Waals surface area contributed by atoms with Gasteiger partial charge in [0.05, 0.1) is 6.10 Å². The van der Waals surface area contributed by atoms with Crippen molar-refractivity contribution in [1.29, 1.82) is 0 Å². The molecule has 0 rings (SSSR count). The minimum atomic E-state index is -0.141. The molecule has 0 aromatic rings. The van der Waals surface area contributed by atoms with E-state index >= 15 is 0 Å². The van der Waals surface area contributed by atoms with Gasteiger partial charge in [-0.15, -0.1) is 0 Å². The van der Waals surface area contributed by atoms with Crippen LogP contribution in [0.2, 0.25) is 0 Å². The van der Waals surface area contributed by atoms with Crippen molar-refractivity contribution in [3.8, 4) is 0 Å². The van der Waals surface area contributed by atoms with Gasteiger partial charge in [-0.3, -0.25) is 0 Å². The minimum absolute atomic E-state index is 0.141. The molecule has 0 saturated carbocycles. The Labute approximate surface area is 165 Å². The van der Waals surface area contributed by atoms with Crippen LogP contribution < -0.4 is 5.32 Å². The zero-order valence-corrected chi connectivity index (χ0v) is 18.4. The van der Waals surface area contributed by atoms with E-state index in [0.717, 1.165) is 19.5 Å². The van der Waals surface area contributed by atoms with E-state index in [1.54, 1.807) is 0 Å². The molecule has 0 aromatic carbocycles. The van der Waals surface area contributed by atoms with Crippen LogP contribution in [-0.2, 0) is 0 Å². The van der Waals surface area contributed by atoms with Gasteiger partial charge in [0.1, 0.15) is 0 Å². The van der Waals surface area contributed by atoms with Crippen LogP contribution in [0.25, 0.3) is 0 Å². The molecule has 1 atom stereocenters. The van der Waals surface area contributed by atoms with E-state index in [1.165, 1.54) is 116 Å². The minimum Gasteiger partial charge on any atom is -0.392 e. The highest BCUT2D eigenvalue weighted by molar-refractivity contribution is 4.60. The molecule has 0 saturated heterocycles. The van der Waals surface area contributed by atoms with Crippen molar-refractivity contribution in [2.45, 2.75) is 142 Å². The molecule has 2 N–H and O–H groups in total. The average Bonchev–Trinajstić information content (AvgIpc) is 2.64. The van der Waals surface area contributed by atoms with Crippen LogP contribution in [0.5, 0.6) is 0 Å². The van der Waals surface area contributed by atoms with Crippen LogP contribution in [0.4, 0.5) is 0 Å². The van der Waals surface area contributed by atoms with E-state index in [4.69, 9.17) is 0 Å². The normalized spacial score (nSPS) is 12.6. The zero-order chi connectivity index (χ0) is 19.1. The Morgan fingerprint density at radius 1 is 0.538 bits per heavy atom. The summed E-state index contributed by atoms with van der Waals surface area (Å²) in [5.74, 6) is 0. The molecular weight excluding hydrogens is 318 g/mol. The molecule has 0 aliphatic carbocycles. The van der Waals surface area contributed by atoms with E-state index in [9.17, 15) is 5.11 Å². The highest BCUT2D eigenvalue weighted by atomic mass is 16.3. The lowest BCUT2D eigenvalue weighted by Crippen LogP contribution is -2.27. The summed E-state index contributed by atoms with van der Waals surface area (Å²) in [6.45, 7) is 6.41. The largest absolute Gasteiger partial charge is 0.392 e. The van der Waals surface area contributed by atoms with Crippen LogP contribution >= 0.6 is 0 Å². The number of unbranched alkanes of at least 4 members (excludes halogenated alkanes) is 16. The Hall–Kier alpha value is -0.0800. The van der Waals surface area contributed by atoms with Gasteiger partial charge in [0, 0.05) is 6.54 Å². The summed E-state index contributed by atoms with van der Waals surface area (Å²) in [7, 11) is 0. The van der Waals surface area contributed by atoms with E-state index in [2.05, 4.69) is 19.2 Å². The summed E-state index contributed by atoms with van der Waals surface area (Å²) >= 11 is 0. The van der Waals surface area contributed by atoms with Gasteiger partial charge in [-0.25, -0.2) is 0 Å². The van der Waals surface area contributed by atoms with Crippen molar-refractivity contribution in [3.05, 3.63) is 0 Å². The summed E-state index contributed by atoms with van der Waals surface area (Å²) < 4.78 is 0. The molecule has 0 amide bonds. The van der Waals surface area contributed by atoms with E-state index < -0.39 is 0 Å². The van der Waals surface area contributed by atoms with Crippen LogP contribution in [0.15, 0.2) is 0 Å². The summed E-state index contributed by atoms with van der Waals surface area (Å²) in [4.78, 5) is 0. The van der Waals surface area contributed by atoms with Gasteiger partial charge < -0.3 is 10.4 Å². The van der Waals surface area contributed by atoms with Gasteiger partial charge in [0.15, 0.2) is 0 Å². The quantitative estimate of drug-likeness (QED) is 0.195. The van der Waals surface area contributed by atoms with Gasteiger partial charge in [-0.1, -0.05) is 123 Å². The van der Waals surface area contributed by atoms with Crippen LogP contribution in [0.3, 0.4) is 0 Å². The lowest BCUT2D eigenvalue weighted by Gasteiger charge is -2.11. The smallest absolute Gasteiger partial charge is 0.0664 e. The molecule has 2 nitrogen and oxygen atoms in total. The van der Waals surface area contributed by atoms with Gasteiger partial charge in [-0.2, -0.15) is 0 Å². The highest BCUT2D eigenvalue weighted by Crippen LogP contribution is 2.12. The molecule has 0 spiro atoms. The predicted octanol–water partition coefficient (Wildman–Crippen LogP) is 7.39. The molecule has 1 unspecified atom stereocenters. The first-order chi connectivity index (χ1) is 12.8. The molecule has 0 heterocycles. The number of aliphatic hydroxyl groups is 1. The first-order valence-corrected chi connectivity index (χ1v) is 12.2. The average molecular weight is 370 g/mol. The standard InChI is InChI=1S/C24H51NO/c1-3-5-7-9-11-13-14-15-17-19-21-24(26)23-25-22-20-18-16-12-10-8-6-4-2/h24-26H,3-23H2,1-2H3. The fraction of sp³-hybridized carbons (Fsp3) is 1.00. The SMILES string of the molecule is CCCCCCCCCCCCC(O)CNCCCCCCCCCC. The predicted molar refractivity (Wildman–Crippen MR) is 118 cm³/mol. The number of rotatable bonds is 22. The van der Waals surface area contributed by atoms with Gasteiger partial charge in [0.2, 0.25) is 0 Å². The van der Waals surface area contributed by atoms with E-state index in [-0.39, 0.29) is 6.10 Å². The first-order valence-electron chi connectivity index (χ1n) is 12.2. The number of aliphatic hydroxyl groups excluding tert-OH is 1. The fourth-order valence-electron chi connectivity index (χ4n) is 3.62. The number of hydrogen-bond donors (Lipinski definition) is 2. The Balaban J connectivity index is 3.12. The lowest BCUT2D eigenvalue weighted by atomic mass is 10.0. The molecule has 0 fully saturated rings. The molecule has 0 bridgehead atoms. The van der Waals surface area contributed by atoms with E-state index in [1.807, 2.05) is 0 Å². The van der Waals surface area contributed by atoms with Crippen LogP contribution in [-0.4, -0.2) is 24.3 Å². The highest BCUT2D eigenvalue weighted by Gasteiger charge is 2.03. The molecule has 26 heavy (non-hydrogen) atoms. The summed E-state index contributed by atoms with van der Waals surface area (Å²) in [5, 5.41) is 13.5. The summed E-state index contributed by atoms with van der Waals surface area (Å²) in [6, 6.07) is 0. The van der Waals surface area contributed by atoms with Crippen molar-refractivity contribution in [2.24, 2.45) is 0 Å². The Morgan fingerprint density at radius 3 is 1.38 bits per heavy atom. The maximum Gasteiger partial charge on any atom is 0.0664 e. The zero-order valence-electron chi connectivity index (χ0n) is 18.4. The third-order valence-electron chi connectivity index (χ3n) is 5.48. The fourth-order valence-corrected chi connectivity index (χ4v) is 3.62. The van der Waals surface area contributed by atoms with Crippen molar-refractivity contribution in [3.63, 3.8) is 0 Å². The molecule has 0 radical (unpaired) electrons. The maximum absolute atomic E-state index is 10.0. The Kier molecular flexibility index (Phi) is 22.9. The van der Waals surface area contributed by atoms with Crippen LogP contribution in [0, 0.1) is 0 Å². The molecule has 0 aromatic heterocycles. The maximum atomic E-state index is 10.0. The second-order valence-corrected chi connectivity index (χ2v) is 8.30. The van der Waals surface area contributed by atoms with E-state index in [0.29, 0.717) is 0 Å². The summed E-state index contributed by atoms with van der Waals surface area (Å²) in [6.07, 6.45) is 25.5. The van der Waals surface area contributed by atoms with Gasteiger partial charge >= 0.3 is 0 Å².